The van der Waals surface area contributed by atoms with Gasteiger partial charge >= 0.3 is 0 Å². The average molecular weight is 360 g/mol. The molecule has 7 heteroatoms. The van der Waals surface area contributed by atoms with E-state index in [1.54, 1.807) is 48.0 Å². The fraction of sp³-hybridized carbons (Fsp3) is 0.167. The molecule has 0 saturated carbocycles. The first-order valence-corrected chi connectivity index (χ1v) is 9.21. The Bertz CT molecular complexity index is 1040. The molecular formula is C18H17FN2O3S. The molecule has 0 amide bonds. The highest BCUT2D eigenvalue weighted by atomic mass is 32.2. The third kappa shape index (κ3) is 3.47. The molecule has 0 spiro atoms. The number of rotatable bonds is 5. The van der Waals surface area contributed by atoms with Crippen molar-refractivity contribution in [2.24, 2.45) is 5.14 Å². The minimum atomic E-state index is -3.75. The molecule has 0 aliphatic rings. The fourth-order valence-corrected chi connectivity index (χ4v) is 3.31. The van der Waals surface area contributed by atoms with Crippen molar-refractivity contribution in [3.63, 3.8) is 0 Å². The van der Waals surface area contributed by atoms with E-state index in [-0.39, 0.29) is 22.9 Å². The van der Waals surface area contributed by atoms with E-state index in [0.29, 0.717) is 16.5 Å². The van der Waals surface area contributed by atoms with E-state index in [9.17, 15) is 17.6 Å². The van der Waals surface area contributed by atoms with E-state index in [4.69, 9.17) is 5.14 Å². The summed E-state index contributed by atoms with van der Waals surface area (Å²) in [6, 6.07) is 11.8. The molecule has 1 heterocycles. The van der Waals surface area contributed by atoms with Crippen LogP contribution in [-0.4, -0.2) is 18.8 Å². The van der Waals surface area contributed by atoms with Gasteiger partial charge < -0.3 is 4.57 Å². The molecule has 2 N–H and O–H groups in total. The third-order valence-electron chi connectivity index (χ3n) is 4.22. The van der Waals surface area contributed by atoms with Gasteiger partial charge in [0.05, 0.1) is 16.5 Å². The Balaban J connectivity index is 1.82. The maximum Gasteiger partial charge on any atom is 0.238 e. The summed E-state index contributed by atoms with van der Waals surface area (Å²) in [6.45, 7) is 1.76. The molecule has 130 valence electrons. The molecule has 1 aromatic heterocycles. The SMILES string of the molecule is C[C@H](C(=O)Cc1ccc(S(N)(=O)=O)cc1)n1ccc2c(F)cccc21. The molecule has 25 heavy (non-hydrogen) atoms. The van der Waals surface area contributed by atoms with Gasteiger partial charge in [-0.25, -0.2) is 17.9 Å². The maximum atomic E-state index is 13.8. The van der Waals surface area contributed by atoms with Gasteiger partial charge in [-0.05, 0) is 42.8 Å². The lowest BCUT2D eigenvalue weighted by atomic mass is 10.0. The molecule has 5 nitrogen and oxygen atoms in total. The van der Waals surface area contributed by atoms with Crippen molar-refractivity contribution in [3.8, 4) is 0 Å². The fourth-order valence-electron chi connectivity index (χ4n) is 2.79. The Hall–Kier alpha value is -2.51. The molecule has 0 aliphatic carbocycles. The predicted octanol–water partition coefficient (Wildman–Crippen LogP) is 2.80. The van der Waals surface area contributed by atoms with Gasteiger partial charge in [-0.15, -0.1) is 0 Å². The number of aromatic nitrogens is 1. The van der Waals surface area contributed by atoms with Crippen LogP contribution < -0.4 is 5.14 Å². The number of Topliss-reactive ketones (excluding diaryl/α,β-unsaturated/α-hetero) is 1. The summed E-state index contributed by atoms with van der Waals surface area (Å²) in [6.07, 6.45) is 1.83. The van der Waals surface area contributed by atoms with Gasteiger partial charge in [0.15, 0.2) is 5.78 Å². The zero-order valence-corrected chi connectivity index (χ0v) is 14.3. The Kier molecular flexibility index (Phi) is 4.45. The lowest BCUT2D eigenvalue weighted by Gasteiger charge is -2.14. The summed E-state index contributed by atoms with van der Waals surface area (Å²) in [5, 5.41) is 5.53. The van der Waals surface area contributed by atoms with Crippen LogP contribution in [0.1, 0.15) is 18.5 Å². The molecule has 3 aromatic rings. The van der Waals surface area contributed by atoms with Crippen LogP contribution >= 0.6 is 0 Å². The lowest BCUT2D eigenvalue weighted by molar-refractivity contribution is -0.121. The maximum absolute atomic E-state index is 13.8. The van der Waals surface area contributed by atoms with Crippen LogP contribution in [0.4, 0.5) is 4.39 Å². The first-order chi connectivity index (χ1) is 11.8. The molecular weight excluding hydrogens is 343 g/mol. The van der Waals surface area contributed by atoms with Gasteiger partial charge in [-0.2, -0.15) is 0 Å². The first kappa shape index (κ1) is 17.3. The zero-order chi connectivity index (χ0) is 18.2. The van der Waals surface area contributed by atoms with Crippen LogP contribution in [0.2, 0.25) is 0 Å². The van der Waals surface area contributed by atoms with Crippen molar-refractivity contribution in [3.05, 3.63) is 66.1 Å². The molecule has 0 unspecified atom stereocenters. The summed E-state index contributed by atoms with van der Waals surface area (Å²) in [5.41, 5.74) is 1.34. The van der Waals surface area contributed by atoms with E-state index >= 15 is 0 Å². The Labute approximate surface area is 144 Å². The van der Waals surface area contributed by atoms with E-state index in [1.165, 1.54) is 18.2 Å². The van der Waals surface area contributed by atoms with Crippen molar-refractivity contribution in [2.75, 3.05) is 0 Å². The molecule has 0 fully saturated rings. The van der Waals surface area contributed by atoms with Gasteiger partial charge in [-0.1, -0.05) is 18.2 Å². The number of halogens is 1. The Morgan fingerprint density at radius 3 is 2.48 bits per heavy atom. The van der Waals surface area contributed by atoms with Crippen molar-refractivity contribution in [1.29, 1.82) is 0 Å². The zero-order valence-electron chi connectivity index (χ0n) is 13.5. The van der Waals surface area contributed by atoms with Gasteiger partial charge in [0.25, 0.3) is 0 Å². The number of fused-ring (bicyclic) bond motifs is 1. The number of nitrogens with two attached hydrogens (primary N) is 1. The van der Waals surface area contributed by atoms with Gasteiger partial charge in [-0.3, -0.25) is 4.79 Å². The number of hydrogen-bond acceptors (Lipinski definition) is 3. The number of hydrogen-bond donors (Lipinski definition) is 1. The molecule has 0 radical (unpaired) electrons. The topological polar surface area (TPSA) is 82.2 Å². The van der Waals surface area contributed by atoms with E-state index < -0.39 is 16.1 Å². The van der Waals surface area contributed by atoms with Gasteiger partial charge in [0.1, 0.15) is 5.82 Å². The number of carbonyl (C=O) groups is 1. The number of primary sulfonamides is 1. The predicted molar refractivity (Wildman–Crippen MR) is 93.1 cm³/mol. The Morgan fingerprint density at radius 2 is 1.84 bits per heavy atom. The average Bonchev–Trinajstić information content (AvgIpc) is 2.99. The minimum Gasteiger partial charge on any atom is -0.337 e. The summed E-state index contributed by atoms with van der Waals surface area (Å²) in [5.74, 6) is -0.389. The molecule has 1 atom stereocenters. The third-order valence-corrected chi connectivity index (χ3v) is 5.15. The largest absolute Gasteiger partial charge is 0.337 e. The molecule has 2 aromatic carbocycles. The Morgan fingerprint density at radius 1 is 1.16 bits per heavy atom. The van der Waals surface area contributed by atoms with Crippen LogP contribution in [0, 0.1) is 5.82 Å². The highest BCUT2D eigenvalue weighted by Crippen LogP contribution is 2.23. The van der Waals surface area contributed by atoms with Crippen molar-refractivity contribution >= 4 is 26.7 Å². The highest BCUT2D eigenvalue weighted by Gasteiger charge is 2.18. The normalized spacial score (nSPS) is 13.1. The lowest BCUT2D eigenvalue weighted by Crippen LogP contribution is -2.18. The van der Waals surface area contributed by atoms with Crippen LogP contribution in [0.25, 0.3) is 10.9 Å². The molecule has 0 saturated heterocycles. The van der Waals surface area contributed by atoms with E-state index in [0.717, 1.165) is 0 Å². The summed E-state index contributed by atoms with van der Waals surface area (Å²) >= 11 is 0. The first-order valence-electron chi connectivity index (χ1n) is 7.67. The number of nitrogens with zero attached hydrogens (tertiary/aromatic N) is 1. The number of benzene rings is 2. The van der Waals surface area contributed by atoms with E-state index in [2.05, 4.69) is 0 Å². The van der Waals surface area contributed by atoms with Crippen LogP contribution in [0.3, 0.4) is 0 Å². The number of ketones is 1. The van der Waals surface area contributed by atoms with Crippen molar-refractivity contribution in [1.82, 2.24) is 4.57 Å². The molecule has 0 bridgehead atoms. The van der Waals surface area contributed by atoms with Crippen LogP contribution in [0.15, 0.2) is 59.6 Å². The van der Waals surface area contributed by atoms with Crippen molar-refractivity contribution in [2.45, 2.75) is 24.3 Å². The van der Waals surface area contributed by atoms with Gasteiger partial charge in [0, 0.05) is 18.0 Å². The van der Waals surface area contributed by atoms with E-state index in [1.807, 2.05) is 0 Å². The molecule has 0 aliphatic heterocycles. The van der Waals surface area contributed by atoms with Crippen molar-refractivity contribution < 1.29 is 17.6 Å². The monoisotopic (exact) mass is 360 g/mol. The summed E-state index contributed by atoms with van der Waals surface area (Å²) in [4.78, 5) is 12.6. The highest BCUT2D eigenvalue weighted by molar-refractivity contribution is 7.89. The quantitative estimate of drug-likeness (QED) is 0.759. The van der Waals surface area contributed by atoms with Gasteiger partial charge in [0.2, 0.25) is 10.0 Å². The second-order valence-corrected chi connectivity index (χ2v) is 7.47. The summed E-state index contributed by atoms with van der Waals surface area (Å²) in [7, 11) is -3.75. The summed E-state index contributed by atoms with van der Waals surface area (Å²) < 4.78 is 38.0. The molecule has 3 rings (SSSR count). The number of carbonyl (C=O) groups excluding carboxylic acids is 1. The smallest absolute Gasteiger partial charge is 0.238 e. The minimum absolute atomic E-state index is 0.00336. The second kappa shape index (κ2) is 6.42. The second-order valence-electron chi connectivity index (χ2n) is 5.90. The van der Waals surface area contributed by atoms with Crippen LogP contribution in [-0.2, 0) is 21.2 Å². The standard InChI is InChI=1S/C18H17FN2O3S/c1-12(21-10-9-15-16(19)3-2-4-17(15)21)18(22)11-13-5-7-14(8-6-13)25(20,23)24/h2-10,12H,11H2,1H3,(H2,20,23,24)/t12-/m1/s1. The van der Waals surface area contributed by atoms with Crippen LogP contribution in [0.5, 0.6) is 0 Å². The number of sulfonamides is 1.